The third kappa shape index (κ3) is 1.37. The van der Waals surface area contributed by atoms with Crippen LogP contribution in [0.4, 0.5) is 0 Å². The Morgan fingerprint density at radius 3 is 3.15 bits per heavy atom. The molecule has 3 heteroatoms. The second kappa shape index (κ2) is 3.09. The van der Waals surface area contributed by atoms with Gasteiger partial charge in [-0.3, -0.25) is 0 Å². The number of methoxy groups -OCH3 is 1. The number of nitrogens with one attached hydrogen (secondary N) is 1. The molecule has 0 spiro atoms. The van der Waals surface area contributed by atoms with Crippen molar-refractivity contribution in [3.8, 4) is 0 Å². The zero-order valence-corrected chi connectivity index (χ0v) is 7.36. The predicted octanol–water partition coefficient (Wildman–Crippen LogP) is 0.757. The number of hydrogen-bond acceptors (Lipinski definition) is 3. The maximum Gasteiger partial charge on any atom is 0.337 e. The summed E-state index contributed by atoms with van der Waals surface area (Å²) in [6, 6.07) is 0.221. The van der Waals surface area contributed by atoms with Crippen molar-refractivity contribution in [1.82, 2.24) is 5.32 Å². The van der Waals surface area contributed by atoms with Gasteiger partial charge < -0.3 is 10.1 Å². The summed E-state index contributed by atoms with van der Waals surface area (Å²) in [6.45, 7) is 0. The number of carbonyl (C=O) groups excluding carboxylic acids is 1. The largest absolute Gasteiger partial charge is 0.465 e. The lowest BCUT2D eigenvalue weighted by Gasteiger charge is -2.17. The molecule has 3 nitrogen and oxygen atoms in total. The van der Waals surface area contributed by atoms with Crippen LogP contribution in [-0.2, 0) is 9.53 Å². The van der Waals surface area contributed by atoms with Crippen LogP contribution in [0.25, 0.3) is 0 Å². The van der Waals surface area contributed by atoms with Crippen LogP contribution in [0.5, 0.6) is 0 Å². The van der Waals surface area contributed by atoms with E-state index in [2.05, 4.69) is 16.1 Å². The number of rotatable bonds is 1. The first kappa shape index (κ1) is 8.10. The highest BCUT2D eigenvalue weighted by Gasteiger charge is 2.23. The monoisotopic (exact) mass is 177 g/mol. The molecule has 0 saturated heterocycles. The maximum absolute atomic E-state index is 11.2. The van der Waals surface area contributed by atoms with E-state index in [0.717, 1.165) is 0 Å². The molecular formula is C10H11NO2. The summed E-state index contributed by atoms with van der Waals surface area (Å²) >= 11 is 0. The zero-order valence-electron chi connectivity index (χ0n) is 7.36. The Bertz CT molecular complexity index is 315. The molecule has 0 aromatic rings. The van der Waals surface area contributed by atoms with Gasteiger partial charge in [0.15, 0.2) is 0 Å². The molecule has 0 amide bonds. The van der Waals surface area contributed by atoms with Gasteiger partial charge in [-0.05, 0) is 12.3 Å². The van der Waals surface area contributed by atoms with E-state index in [0.29, 0.717) is 11.5 Å². The predicted molar refractivity (Wildman–Crippen MR) is 48.8 cm³/mol. The third-order valence-corrected chi connectivity index (χ3v) is 2.30. The summed E-state index contributed by atoms with van der Waals surface area (Å²) in [5, 5.41) is 3.15. The van der Waals surface area contributed by atoms with Crippen molar-refractivity contribution >= 4 is 5.97 Å². The van der Waals surface area contributed by atoms with E-state index in [9.17, 15) is 4.79 Å². The van der Waals surface area contributed by atoms with Gasteiger partial charge in [0, 0.05) is 5.92 Å². The molecule has 1 heterocycles. The number of carbonyl (C=O) groups is 1. The fourth-order valence-corrected chi connectivity index (χ4v) is 1.57. The molecule has 1 aliphatic heterocycles. The fraction of sp³-hybridized carbons (Fsp3) is 0.300. The molecule has 0 aromatic carbocycles. The fourth-order valence-electron chi connectivity index (χ4n) is 1.57. The third-order valence-electron chi connectivity index (χ3n) is 2.30. The summed E-state index contributed by atoms with van der Waals surface area (Å²) < 4.78 is 4.63. The van der Waals surface area contributed by atoms with Crippen LogP contribution in [0.15, 0.2) is 36.1 Å². The summed E-state index contributed by atoms with van der Waals surface area (Å²) in [6.07, 6.45) is 9.70. The molecule has 0 saturated carbocycles. The van der Waals surface area contributed by atoms with Crippen molar-refractivity contribution in [2.24, 2.45) is 5.92 Å². The van der Waals surface area contributed by atoms with Gasteiger partial charge in [-0.2, -0.15) is 0 Å². The van der Waals surface area contributed by atoms with E-state index in [1.165, 1.54) is 7.11 Å². The van der Waals surface area contributed by atoms with E-state index < -0.39 is 0 Å². The minimum absolute atomic E-state index is 0.221. The lowest BCUT2D eigenvalue weighted by atomic mass is 9.94. The summed E-state index contributed by atoms with van der Waals surface area (Å²) in [7, 11) is 1.39. The second-order valence-corrected chi connectivity index (χ2v) is 3.10. The van der Waals surface area contributed by atoms with E-state index in [4.69, 9.17) is 0 Å². The molecule has 2 atom stereocenters. The molecule has 2 unspecified atom stereocenters. The van der Waals surface area contributed by atoms with Crippen LogP contribution < -0.4 is 5.32 Å². The minimum atomic E-state index is -0.275. The number of hydrogen-bond donors (Lipinski definition) is 1. The molecule has 1 aliphatic carbocycles. The van der Waals surface area contributed by atoms with Gasteiger partial charge in [0.1, 0.15) is 0 Å². The normalized spacial score (nSPS) is 29.2. The van der Waals surface area contributed by atoms with Gasteiger partial charge >= 0.3 is 5.97 Å². The molecule has 2 aliphatic rings. The average molecular weight is 177 g/mol. The molecule has 1 N–H and O–H groups in total. The van der Waals surface area contributed by atoms with Crippen LogP contribution in [0.1, 0.15) is 0 Å². The lowest BCUT2D eigenvalue weighted by molar-refractivity contribution is -0.135. The Morgan fingerprint density at radius 2 is 2.38 bits per heavy atom. The van der Waals surface area contributed by atoms with Gasteiger partial charge in [-0.15, -0.1) is 0 Å². The number of fused-ring (bicyclic) bond motifs is 1. The van der Waals surface area contributed by atoms with Crippen LogP contribution in [0.2, 0.25) is 0 Å². The van der Waals surface area contributed by atoms with Gasteiger partial charge in [0.2, 0.25) is 0 Å². The quantitative estimate of drug-likeness (QED) is 0.601. The zero-order chi connectivity index (χ0) is 9.26. The summed E-state index contributed by atoms with van der Waals surface area (Å²) in [5.41, 5.74) is 0.625. The minimum Gasteiger partial charge on any atom is -0.465 e. The van der Waals surface area contributed by atoms with Crippen molar-refractivity contribution in [2.45, 2.75) is 6.04 Å². The molecule has 2 rings (SSSR count). The Kier molecular flexibility index (Phi) is 1.93. The van der Waals surface area contributed by atoms with Gasteiger partial charge in [0.05, 0.1) is 18.7 Å². The van der Waals surface area contributed by atoms with E-state index in [1.54, 1.807) is 0 Å². The maximum atomic E-state index is 11.2. The SMILES string of the molecule is COC(=O)C1=CC2NC=CC2C=C1. The van der Waals surface area contributed by atoms with E-state index in [1.807, 2.05) is 24.4 Å². The second-order valence-electron chi connectivity index (χ2n) is 3.10. The van der Waals surface area contributed by atoms with Crippen LogP contribution in [0, 0.1) is 5.92 Å². The number of ether oxygens (including phenoxy) is 1. The molecule has 68 valence electrons. The molecule has 13 heavy (non-hydrogen) atoms. The van der Waals surface area contributed by atoms with Crippen molar-refractivity contribution in [1.29, 1.82) is 0 Å². The Hall–Kier alpha value is -1.51. The highest BCUT2D eigenvalue weighted by Crippen LogP contribution is 2.22. The average Bonchev–Trinajstić information content (AvgIpc) is 2.63. The number of esters is 1. The molecule has 0 bridgehead atoms. The molecule has 0 fully saturated rings. The van der Waals surface area contributed by atoms with Crippen molar-refractivity contribution in [3.63, 3.8) is 0 Å². The van der Waals surface area contributed by atoms with Crippen LogP contribution >= 0.6 is 0 Å². The highest BCUT2D eigenvalue weighted by molar-refractivity contribution is 5.92. The van der Waals surface area contributed by atoms with Crippen molar-refractivity contribution in [2.75, 3.05) is 7.11 Å². The van der Waals surface area contributed by atoms with Crippen molar-refractivity contribution in [3.05, 3.63) is 36.1 Å². The first-order chi connectivity index (χ1) is 6.31. The Balaban J connectivity index is 2.17. The van der Waals surface area contributed by atoms with Gasteiger partial charge in [-0.25, -0.2) is 4.79 Å². The summed E-state index contributed by atoms with van der Waals surface area (Å²) in [5.74, 6) is 0.108. The van der Waals surface area contributed by atoms with Gasteiger partial charge in [-0.1, -0.05) is 18.2 Å². The molecule has 0 aromatic heterocycles. The Morgan fingerprint density at radius 1 is 1.54 bits per heavy atom. The van der Waals surface area contributed by atoms with E-state index in [-0.39, 0.29) is 12.0 Å². The van der Waals surface area contributed by atoms with Crippen LogP contribution in [0.3, 0.4) is 0 Å². The smallest absolute Gasteiger partial charge is 0.337 e. The molecular weight excluding hydrogens is 166 g/mol. The highest BCUT2D eigenvalue weighted by atomic mass is 16.5. The first-order valence-corrected chi connectivity index (χ1v) is 4.22. The standard InChI is InChI=1S/C10H11NO2/c1-13-10(12)8-3-2-7-4-5-11-9(7)6-8/h2-7,9,11H,1H3. The summed E-state index contributed by atoms with van der Waals surface area (Å²) in [4.78, 5) is 11.2. The van der Waals surface area contributed by atoms with Gasteiger partial charge in [0.25, 0.3) is 0 Å². The lowest BCUT2D eigenvalue weighted by Crippen LogP contribution is -2.26. The van der Waals surface area contributed by atoms with Crippen molar-refractivity contribution < 1.29 is 9.53 Å². The Labute approximate surface area is 76.8 Å². The first-order valence-electron chi connectivity index (χ1n) is 4.22. The topological polar surface area (TPSA) is 38.3 Å². The van der Waals surface area contributed by atoms with Crippen LogP contribution in [-0.4, -0.2) is 19.1 Å². The molecule has 0 radical (unpaired) electrons. The van der Waals surface area contributed by atoms with E-state index >= 15 is 0 Å².